The summed E-state index contributed by atoms with van der Waals surface area (Å²) < 4.78 is 10.9. The third-order valence-corrected chi connectivity index (χ3v) is 2.51. The molecule has 1 rings (SSSR count). The van der Waals surface area contributed by atoms with Crippen molar-refractivity contribution in [3.8, 4) is 0 Å². The molecule has 3 heteroatoms. The maximum absolute atomic E-state index is 9.45. The molecule has 0 aromatic rings. The standard InChI is InChI=1S/C11H20O3/c1-3-5-10(12)6-4-7-11(2)13-8-9-14-11/h3,10,12H,1,4-9H2,2H3. The Morgan fingerprint density at radius 3 is 2.71 bits per heavy atom. The quantitative estimate of drug-likeness (QED) is 0.665. The van der Waals surface area contributed by atoms with E-state index in [0.717, 1.165) is 19.3 Å². The number of ether oxygens (including phenoxy) is 2. The zero-order valence-electron chi connectivity index (χ0n) is 8.87. The summed E-state index contributed by atoms with van der Waals surface area (Å²) in [6.07, 6.45) is 4.70. The van der Waals surface area contributed by atoms with Crippen molar-refractivity contribution in [2.24, 2.45) is 0 Å². The number of hydrogen-bond acceptors (Lipinski definition) is 3. The van der Waals surface area contributed by atoms with Crippen LogP contribution in [0.2, 0.25) is 0 Å². The first-order valence-corrected chi connectivity index (χ1v) is 5.23. The predicted molar refractivity (Wildman–Crippen MR) is 55.0 cm³/mol. The van der Waals surface area contributed by atoms with E-state index < -0.39 is 5.79 Å². The van der Waals surface area contributed by atoms with E-state index in [2.05, 4.69) is 6.58 Å². The average Bonchev–Trinajstić information content (AvgIpc) is 2.53. The molecule has 1 heterocycles. The van der Waals surface area contributed by atoms with E-state index in [1.807, 2.05) is 6.92 Å². The Morgan fingerprint density at radius 2 is 2.14 bits per heavy atom. The van der Waals surface area contributed by atoms with Crippen LogP contribution in [0.4, 0.5) is 0 Å². The molecular formula is C11H20O3. The molecule has 0 bridgehead atoms. The lowest BCUT2D eigenvalue weighted by molar-refractivity contribution is -0.148. The lowest BCUT2D eigenvalue weighted by Gasteiger charge is -2.22. The topological polar surface area (TPSA) is 38.7 Å². The van der Waals surface area contributed by atoms with Crippen molar-refractivity contribution in [3.05, 3.63) is 12.7 Å². The molecule has 1 fully saturated rings. The molecule has 0 aliphatic carbocycles. The second-order valence-electron chi connectivity index (χ2n) is 3.90. The second-order valence-corrected chi connectivity index (χ2v) is 3.90. The molecule has 3 nitrogen and oxygen atoms in total. The molecule has 0 spiro atoms. The zero-order valence-corrected chi connectivity index (χ0v) is 8.87. The molecule has 0 amide bonds. The molecule has 0 aromatic heterocycles. The van der Waals surface area contributed by atoms with E-state index in [4.69, 9.17) is 9.47 Å². The van der Waals surface area contributed by atoms with Crippen molar-refractivity contribution in [1.82, 2.24) is 0 Å². The zero-order chi connectivity index (χ0) is 10.4. The molecular weight excluding hydrogens is 180 g/mol. The minimum Gasteiger partial charge on any atom is -0.393 e. The SMILES string of the molecule is C=CCC(O)CCCC1(C)OCCO1. The highest BCUT2D eigenvalue weighted by molar-refractivity contribution is 4.74. The predicted octanol–water partition coefficient (Wildman–Crippen LogP) is 1.86. The van der Waals surface area contributed by atoms with Gasteiger partial charge in [0.05, 0.1) is 19.3 Å². The summed E-state index contributed by atoms with van der Waals surface area (Å²) in [7, 11) is 0. The van der Waals surface area contributed by atoms with E-state index in [0.29, 0.717) is 19.6 Å². The molecule has 1 aliphatic heterocycles. The van der Waals surface area contributed by atoms with E-state index in [1.54, 1.807) is 6.08 Å². The van der Waals surface area contributed by atoms with Crippen LogP contribution in [0.25, 0.3) is 0 Å². The van der Waals surface area contributed by atoms with Crippen molar-refractivity contribution in [1.29, 1.82) is 0 Å². The fourth-order valence-corrected chi connectivity index (χ4v) is 1.67. The summed E-state index contributed by atoms with van der Waals surface area (Å²) in [5.41, 5.74) is 0. The Morgan fingerprint density at radius 1 is 1.50 bits per heavy atom. The van der Waals surface area contributed by atoms with Crippen LogP contribution in [0, 0.1) is 0 Å². The fraction of sp³-hybridized carbons (Fsp3) is 0.818. The van der Waals surface area contributed by atoms with Gasteiger partial charge >= 0.3 is 0 Å². The van der Waals surface area contributed by atoms with Crippen LogP contribution in [0.3, 0.4) is 0 Å². The summed E-state index contributed by atoms with van der Waals surface area (Å²) in [6, 6.07) is 0. The summed E-state index contributed by atoms with van der Waals surface area (Å²) in [4.78, 5) is 0. The Balaban J connectivity index is 2.10. The molecule has 14 heavy (non-hydrogen) atoms. The van der Waals surface area contributed by atoms with Crippen molar-refractivity contribution in [2.75, 3.05) is 13.2 Å². The smallest absolute Gasteiger partial charge is 0.165 e. The van der Waals surface area contributed by atoms with Gasteiger partial charge in [-0.1, -0.05) is 6.08 Å². The number of aliphatic hydroxyl groups excluding tert-OH is 1. The minimum absolute atomic E-state index is 0.266. The molecule has 0 radical (unpaired) electrons. The summed E-state index contributed by atoms with van der Waals surface area (Å²) in [6.45, 7) is 6.92. The molecule has 82 valence electrons. The number of hydrogen-bond donors (Lipinski definition) is 1. The van der Waals surface area contributed by atoms with Gasteiger partial charge in [0.15, 0.2) is 5.79 Å². The first-order valence-electron chi connectivity index (χ1n) is 5.23. The lowest BCUT2D eigenvalue weighted by atomic mass is 10.1. The van der Waals surface area contributed by atoms with Crippen molar-refractivity contribution >= 4 is 0 Å². The summed E-state index contributed by atoms with van der Waals surface area (Å²) in [5, 5.41) is 9.45. The third-order valence-electron chi connectivity index (χ3n) is 2.51. The van der Waals surface area contributed by atoms with Gasteiger partial charge < -0.3 is 14.6 Å². The van der Waals surface area contributed by atoms with Gasteiger partial charge in [-0.05, 0) is 26.2 Å². The van der Waals surface area contributed by atoms with Crippen LogP contribution in [0.15, 0.2) is 12.7 Å². The van der Waals surface area contributed by atoms with Crippen LogP contribution in [0.1, 0.15) is 32.6 Å². The van der Waals surface area contributed by atoms with Gasteiger partial charge in [0.25, 0.3) is 0 Å². The highest BCUT2D eigenvalue weighted by Gasteiger charge is 2.30. The van der Waals surface area contributed by atoms with E-state index in [9.17, 15) is 5.11 Å². The molecule has 0 saturated carbocycles. The summed E-state index contributed by atoms with van der Waals surface area (Å²) in [5.74, 6) is -0.409. The van der Waals surface area contributed by atoms with Gasteiger partial charge in [0.1, 0.15) is 0 Å². The second kappa shape index (κ2) is 5.49. The van der Waals surface area contributed by atoms with Crippen LogP contribution in [0.5, 0.6) is 0 Å². The highest BCUT2D eigenvalue weighted by Crippen LogP contribution is 2.25. The third kappa shape index (κ3) is 3.78. The molecule has 0 aromatic carbocycles. The maximum Gasteiger partial charge on any atom is 0.165 e. The highest BCUT2D eigenvalue weighted by atomic mass is 16.7. The van der Waals surface area contributed by atoms with Gasteiger partial charge in [-0.2, -0.15) is 0 Å². The van der Waals surface area contributed by atoms with Gasteiger partial charge in [0, 0.05) is 6.42 Å². The van der Waals surface area contributed by atoms with E-state index >= 15 is 0 Å². The van der Waals surface area contributed by atoms with Gasteiger partial charge in [0.2, 0.25) is 0 Å². The van der Waals surface area contributed by atoms with E-state index in [-0.39, 0.29) is 6.10 Å². The van der Waals surface area contributed by atoms with Crippen LogP contribution >= 0.6 is 0 Å². The average molecular weight is 200 g/mol. The van der Waals surface area contributed by atoms with Gasteiger partial charge in [-0.3, -0.25) is 0 Å². The Kier molecular flexibility index (Phi) is 4.58. The molecule has 1 atom stereocenters. The Bertz CT molecular complexity index is 173. The van der Waals surface area contributed by atoms with Crippen molar-refractivity contribution in [3.63, 3.8) is 0 Å². The number of aliphatic hydroxyl groups is 1. The molecule has 1 unspecified atom stereocenters. The fourth-order valence-electron chi connectivity index (χ4n) is 1.67. The van der Waals surface area contributed by atoms with Gasteiger partial charge in [-0.25, -0.2) is 0 Å². The normalized spacial score (nSPS) is 22.1. The first-order chi connectivity index (χ1) is 6.66. The first kappa shape index (κ1) is 11.7. The maximum atomic E-state index is 9.45. The largest absolute Gasteiger partial charge is 0.393 e. The Labute approximate surface area is 85.7 Å². The Hall–Kier alpha value is -0.380. The van der Waals surface area contributed by atoms with Crippen LogP contribution < -0.4 is 0 Å². The van der Waals surface area contributed by atoms with Crippen molar-refractivity contribution < 1.29 is 14.6 Å². The molecule has 1 N–H and O–H groups in total. The summed E-state index contributed by atoms with van der Waals surface area (Å²) >= 11 is 0. The van der Waals surface area contributed by atoms with Crippen molar-refractivity contribution in [2.45, 2.75) is 44.5 Å². The van der Waals surface area contributed by atoms with E-state index in [1.165, 1.54) is 0 Å². The van der Waals surface area contributed by atoms with Crippen LogP contribution in [-0.2, 0) is 9.47 Å². The monoisotopic (exact) mass is 200 g/mol. The minimum atomic E-state index is -0.409. The van der Waals surface area contributed by atoms with Gasteiger partial charge in [-0.15, -0.1) is 6.58 Å². The molecule has 1 saturated heterocycles. The number of rotatable bonds is 6. The molecule has 1 aliphatic rings. The van der Waals surface area contributed by atoms with Crippen LogP contribution in [-0.4, -0.2) is 30.2 Å². The lowest BCUT2D eigenvalue weighted by Crippen LogP contribution is -2.25.